The predicted octanol–water partition coefficient (Wildman–Crippen LogP) is 6.23. The van der Waals surface area contributed by atoms with Crippen molar-refractivity contribution in [3.8, 4) is 0 Å². The van der Waals surface area contributed by atoms with Crippen LogP contribution in [0.4, 0.5) is 11.4 Å². The van der Waals surface area contributed by atoms with Crippen molar-refractivity contribution < 1.29 is 9.53 Å². The molecule has 0 radical (unpaired) electrons. The molecule has 0 amide bonds. The van der Waals surface area contributed by atoms with E-state index < -0.39 is 0 Å². The number of carbonyl (C=O) groups excluding carboxylic acids is 1. The summed E-state index contributed by atoms with van der Waals surface area (Å²) in [5.74, 6) is -0.285. The zero-order chi connectivity index (χ0) is 22.1. The SMILES string of the molecule is C=CCN(CC=C)c1cc(C)c(/C=C(\C)C(=O)OCC)cc1NC.CC.CC. The van der Waals surface area contributed by atoms with E-state index in [1.807, 2.05) is 66.0 Å². The standard InChI is InChI=1S/C20H28N2O2.2C2H6/c1-7-10-22(11-8-2)19-13-15(4)17(14-18(19)21-6)12-16(5)20(23)24-9-3;2*1-2/h7-8,12-14,21H,1-2,9-11H2,3-6H3;2*1-2H3/b16-12+;;. The van der Waals surface area contributed by atoms with Crippen LogP contribution in [0.1, 0.15) is 52.7 Å². The average molecular weight is 389 g/mol. The van der Waals surface area contributed by atoms with Gasteiger partial charge in [-0.1, -0.05) is 39.8 Å². The van der Waals surface area contributed by atoms with Gasteiger partial charge in [-0.2, -0.15) is 0 Å². The van der Waals surface area contributed by atoms with Crippen molar-refractivity contribution in [2.75, 3.05) is 37.0 Å². The van der Waals surface area contributed by atoms with Gasteiger partial charge < -0.3 is 15.0 Å². The second-order valence-electron chi connectivity index (χ2n) is 5.51. The highest BCUT2D eigenvalue weighted by Crippen LogP contribution is 2.30. The van der Waals surface area contributed by atoms with Gasteiger partial charge in [0.25, 0.3) is 0 Å². The molecule has 0 aliphatic heterocycles. The molecule has 158 valence electrons. The first kappa shape index (κ1) is 27.7. The second-order valence-corrected chi connectivity index (χ2v) is 5.51. The van der Waals surface area contributed by atoms with Crippen LogP contribution in [0.3, 0.4) is 0 Å². The summed E-state index contributed by atoms with van der Waals surface area (Å²) in [5, 5.41) is 3.23. The fraction of sp³-hybridized carbons (Fsp3) is 0.458. The quantitative estimate of drug-likeness (QED) is 0.309. The molecule has 0 saturated carbocycles. The van der Waals surface area contributed by atoms with Crippen molar-refractivity contribution in [3.05, 3.63) is 54.1 Å². The summed E-state index contributed by atoms with van der Waals surface area (Å²) >= 11 is 0. The number of nitrogens with one attached hydrogen (secondary N) is 1. The van der Waals surface area contributed by atoms with Crippen LogP contribution in [-0.2, 0) is 9.53 Å². The van der Waals surface area contributed by atoms with E-state index in [2.05, 4.69) is 29.4 Å². The monoisotopic (exact) mass is 388 g/mol. The lowest BCUT2D eigenvalue weighted by Crippen LogP contribution is -2.24. The number of esters is 1. The van der Waals surface area contributed by atoms with Crippen LogP contribution in [0.5, 0.6) is 0 Å². The van der Waals surface area contributed by atoms with Gasteiger partial charge in [-0.3, -0.25) is 0 Å². The third-order valence-electron chi connectivity index (χ3n) is 3.66. The summed E-state index contributed by atoms with van der Waals surface area (Å²) in [7, 11) is 1.89. The van der Waals surface area contributed by atoms with E-state index in [1.54, 1.807) is 13.8 Å². The molecular formula is C24H40N2O2. The number of aryl methyl sites for hydroxylation is 1. The molecule has 0 aliphatic rings. The summed E-state index contributed by atoms with van der Waals surface area (Å²) in [5.41, 5.74) is 4.74. The summed E-state index contributed by atoms with van der Waals surface area (Å²) in [6, 6.07) is 4.16. The highest BCUT2D eigenvalue weighted by molar-refractivity contribution is 5.93. The minimum atomic E-state index is -0.285. The van der Waals surface area contributed by atoms with Gasteiger partial charge >= 0.3 is 5.97 Å². The highest BCUT2D eigenvalue weighted by Gasteiger charge is 2.12. The molecule has 0 fully saturated rings. The molecule has 4 nitrogen and oxygen atoms in total. The third kappa shape index (κ3) is 8.94. The number of anilines is 2. The molecule has 0 unspecified atom stereocenters. The summed E-state index contributed by atoms with van der Waals surface area (Å²) in [6.45, 7) is 23.1. The van der Waals surface area contributed by atoms with E-state index in [4.69, 9.17) is 4.74 Å². The van der Waals surface area contributed by atoms with Crippen LogP contribution < -0.4 is 10.2 Å². The first-order valence-electron chi connectivity index (χ1n) is 10.1. The maximum Gasteiger partial charge on any atom is 0.333 e. The Bertz CT molecular complexity index is 624. The summed E-state index contributed by atoms with van der Waals surface area (Å²) in [4.78, 5) is 14.0. The van der Waals surface area contributed by atoms with E-state index in [-0.39, 0.29) is 5.97 Å². The average Bonchev–Trinajstić information content (AvgIpc) is 2.72. The topological polar surface area (TPSA) is 41.6 Å². The maximum absolute atomic E-state index is 11.8. The van der Waals surface area contributed by atoms with E-state index in [9.17, 15) is 4.79 Å². The van der Waals surface area contributed by atoms with Gasteiger partial charge in [-0.05, 0) is 50.1 Å². The van der Waals surface area contributed by atoms with E-state index in [1.165, 1.54) is 0 Å². The van der Waals surface area contributed by atoms with E-state index in [0.717, 1.165) is 35.6 Å². The Balaban J connectivity index is 0. The highest BCUT2D eigenvalue weighted by atomic mass is 16.5. The molecule has 4 heteroatoms. The Morgan fingerprint density at radius 2 is 1.68 bits per heavy atom. The second kappa shape index (κ2) is 16.7. The normalized spacial score (nSPS) is 9.79. The smallest absolute Gasteiger partial charge is 0.333 e. The van der Waals surface area contributed by atoms with Crippen molar-refractivity contribution in [2.45, 2.75) is 48.5 Å². The summed E-state index contributed by atoms with van der Waals surface area (Å²) in [6.07, 6.45) is 5.61. The van der Waals surface area contributed by atoms with Crippen molar-refractivity contribution in [3.63, 3.8) is 0 Å². The van der Waals surface area contributed by atoms with Crippen LogP contribution in [-0.4, -0.2) is 32.7 Å². The number of carbonyl (C=O) groups is 1. The first-order chi connectivity index (χ1) is 13.5. The molecule has 0 heterocycles. The molecule has 0 aliphatic carbocycles. The number of benzene rings is 1. The van der Waals surface area contributed by atoms with Gasteiger partial charge in [0.15, 0.2) is 0 Å². The molecule has 0 saturated heterocycles. The molecule has 0 spiro atoms. The van der Waals surface area contributed by atoms with Gasteiger partial charge in [0.05, 0.1) is 18.0 Å². The fourth-order valence-electron chi connectivity index (χ4n) is 2.45. The molecule has 28 heavy (non-hydrogen) atoms. The van der Waals surface area contributed by atoms with Gasteiger partial charge in [0.2, 0.25) is 0 Å². The predicted molar refractivity (Wildman–Crippen MR) is 126 cm³/mol. The van der Waals surface area contributed by atoms with Gasteiger partial charge in [-0.15, -0.1) is 13.2 Å². The third-order valence-corrected chi connectivity index (χ3v) is 3.66. The van der Waals surface area contributed by atoms with Crippen LogP contribution >= 0.6 is 0 Å². The minimum Gasteiger partial charge on any atom is -0.463 e. The van der Waals surface area contributed by atoms with Crippen LogP contribution in [0.15, 0.2) is 43.0 Å². The minimum absolute atomic E-state index is 0.285. The van der Waals surface area contributed by atoms with Crippen molar-refractivity contribution in [2.24, 2.45) is 0 Å². The lowest BCUT2D eigenvalue weighted by molar-refractivity contribution is -0.138. The first-order valence-corrected chi connectivity index (χ1v) is 10.1. The van der Waals surface area contributed by atoms with Gasteiger partial charge in [0.1, 0.15) is 0 Å². The maximum atomic E-state index is 11.8. The molecule has 0 atom stereocenters. The van der Waals surface area contributed by atoms with Crippen molar-refractivity contribution in [1.29, 1.82) is 0 Å². The molecule has 0 bridgehead atoms. The Kier molecular flexibility index (Phi) is 16.5. The number of hydrogen-bond acceptors (Lipinski definition) is 4. The van der Waals surface area contributed by atoms with Gasteiger partial charge in [0, 0.05) is 25.7 Å². The fourth-order valence-corrected chi connectivity index (χ4v) is 2.45. The number of nitrogens with zero attached hydrogens (tertiary/aromatic N) is 1. The molecule has 1 aromatic carbocycles. The van der Waals surface area contributed by atoms with Crippen molar-refractivity contribution >= 4 is 23.4 Å². The van der Waals surface area contributed by atoms with E-state index >= 15 is 0 Å². The van der Waals surface area contributed by atoms with Crippen molar-refractivity contribution in [1.82, 2.24) is 0 Å². The zero-order valence-electron chi connectivity index (χ0n) is 19.2. The van der Waals surface area contributed by atoms with Gasteiger partial charge in [-0.25, -0.2) is 4.79 Å². The largest absolute Gasteiger partial charge is 0.463 e. The summed E-state index contributed by atoms with van der Waals surface area (Å²) < 4.78 is 5.04. The number of hydrogen-bond donors (Lipinski definition) is 1. The lowest BCUT2D eigenvalue weighted by Gasteiger charge is -2.25. The molecule has 1 aromatic rings. The Labute approximate surface area is 173 Å². The molecular weight excluding hydrogens is 348 g/mol. The van der Waals surface area contributed by atoms with Crippen LogP contribution in [0.25, 0.3) is 6.08 Å². The Morgan fingerprint density at radius 1 is 1.14 bits per heavy atom. The van der Waals surface area contributed by atoms with Crippen LogP contribution in [0.2, 0.25) is 0 Å². The lowest BCUT2D eigenvalue weighted by atomic mass is 10.0. The van der Waals surface area contributed by atoms with E-state index in [0.29, 0.717) is 12.2 Å². The Hall–Kier alpha value is -2.49. The number of ether oxygens (including phenoxy) is 1. The molecule has 0 aromatic heterocycles. The zero-order valence-corrected chi connectivity index (χ0v) is 19.2. The molecule has 1 rings (SSSR count). The molecule has 1 N–H and O–H groups in total. The number of rotatable bonds is 9. The van der Waals surface area contributed by atoms with Crippen LogP contribution in [0, 0.1) is 6.92 Å². The Morgan fingerprint density at radius 3 is 2.11 bits per heavy atom.